The molecule has 3 aromatic rings. The van der Waals surface area contributed by atoms with Crippen molar-refractivity contribution in [2.24, 2.45) is 11.8 Å². The maximum atomic E-state index is 13.4. The van der Waals surface area contributed by atoms with Gasteiger partial charge in [0.1, 0.15) is 11.2 Å². The number of aromatic nitrogens is 1. The predicted octanol–water partition coefficient (Wildman–Crippen LogP) is 8.18. The summed E-state index contributed by atoms with van der Waals surface area (Å²) in [5.41, 5.74) is 1.68. The van der Waals surface area contributed by atoms with Crippen LogP contribution in [0.5, 0.6) is 0 Å². The molecule has 0 fully saturated rings. The molecule has 0 radical (unpaired) electrons. The Hall–Kier alpha value is -3.34. The number of amides is 2. The largest absolute Gasteiger partial charge is 0.460 e. The van der Waals surface area contributed by atoms with E-state index in [1.54, 1.807) is 56.4 Å². The molecule has 0 bridgehead atoms. The van der Waals surface area contributed by atoms with Crippen LogP contribution in [0.25, 0.3) is 11.3 Å². The number of hydrogen-bond donors (Lipinski definition) is 3. The van der Waals surface area contributed by atoms with E-state index in [-0.39, 0.29) is 31.5 Å². The van der Waals surface area contributed by atoms with Crippen molar-refractivity contribution < 1.29 is 23.9 Å². The van der Waals surface area contributed by atoms with Crippen molar-refractivity contribution in [3.63, 3.8) is 0 Å². The summed E-state index contributed by atoms with van der Waals surface area (Å²) in [4.78, 5) is 44.1. The fraction of sp³-hybridized carbons (Fsp3) is 0.486. The Morgan fingerprint density at radius 2 is 1.55 bits per heavy atom. The molecule has 1 atom stereocenters. The van der Waals surface area contributed by atoms with Gasteiger partial charge in [0, 0.05) is 35.6 Å². The third-order valence-corrected chi connectivity index (χ3v) is 8.25. The van der Waals surface area contributed by atoms with Gasteiger partial charge < -0.3 is 25.4 Å². The normalized spacial score (nSPS) is 12.4. The Balaban J connectivity index is 1.73. The molecular formula is C35H46Cl2N4O5S. The van der Waals surface area contributed by atoms with E-state index in [4.69, 9.17) is 37.7 Å². The molecule has 9 nitrogen and oxygen atoms in total. The van der Waals surface area contributed by atoms with Gasteiger partial charge in [-0.2, -0.15) is 0 Å². The van der Waals surface area contributed by atoms with Gasteiger partial charge in [-0.05, 0) is 90.1 Å². The second-order valence-corrected chi connectivity index (χ2v) is 15.6. The summed E-state index contributed by atoms with van der Waals surface area (Å²) >= 11 is 14.0. The topological polar surface area (TPSA) is 119 Å². The Morgan fingerprint density at radius 1 is 0.872 bits per heavy atom. The van der Waals surface area contributed by atoms with Gasteiger partial charge in [0.2, 0.25) is 0 Å². The number of esters is 1. The fourth-order valence-electron chi connectivity index (χ4n) is 4.52. The molecule has 2 amide bonds. The SMILES string of the molecule is CC(C)Cc1sc(NCC(Cc2cccc(C(=O)NCCNC(=O)OC(C)(C)C)c2)C(=O)OC(C)(C)C)nc1-c1ccc(Cl)c(Cl)c1. The smallest absolute Gasteiger partial charge is 0.407 e. The van der Waals surface area contributed by atoms with Crippen LogP contribution in [0, 0.1) is 11.8 Å². The number of alkyl carbamates (subject to hydrolysis) is 1. The minimum atomic E-state index is -0.670. The van der Waals surface area contributed by atoms with Crippen LogP contribution >= 0.6 is 34.5 Å². The Morgan fingerprint density at radius 3 is 2.19 bits per heavy atom. The van der Waals surface area contributed by atoms with E-state index in [0.29, 0.717) is 33.1 Å². The highest BCUT2D eigenvalue weighted by Gasteiger charge is 2.27. The number of anilines is 1. The van der Waals surface area contributed by atoms with E-state index in [9.17, 15) is 14.4 Å². The number of thiazole rings is 1. The number of benzene rings is 2. The third kappa shape index (κ3) is 13.0. The summed E-state index contributed by atoms with van der Waals surface area (Å²) in [6.07, 6.45) is 0.624. The van der Waals surface area contributed by atoms with Crippen LogP contribution in [0.1, 0.15) is 76.2 Å². The van der Waals surface area contributed by atoms with Crippen LogP contribution in [-0.2, 0) is 27.1 Å². The summed E-state index contributed by atoms with van der Waals surface area (Å²) in [6.45, 7) is 15.9. The molecule has 0 spiro atoms. The highest BCUT2D eigenvalue weighted by molar-refractivity contribution is 7.16. The average molecular weight is 706 g/mol. The third-order valence-electron chi connectivity index (χ3n) is 6.47. The molecule has 1 heterocycles. The quantitative estimate of drug-likeness (QED) is 0.121. The molecule has 0 saturated heterocycles. The first kappa shape index (κ1) is 38.1. The average Bonchev–Trinajstić information content (AvgIpc) is 3.34. The number of hydrogen-bond acceptors (Lipinski definition) is 8. The van der Waals surface area contributed by atoms with E-state index < -0.39 is 23.2 Å². The van der Waals surface area contributed by atoms with Crippen LogP contribution in [0.3, 0.4) is 0 Å². The van der Waals surface area contributed by atoms with Gasteiger partial charge in [-0.15, -0.1) is 11.3 Å². The molecule has 0 aliphatic carbocycles. The molecule has 0 saturated carbocycles. The van der Waals surface area contributed by atoms with E-state index in [2.05, 4.69) is 29.8 Å². The van der Waals surface area contributed by atoms with Gasteiger partial charge in [0.15, 0.2) is 5.13 Å². The molecule has 1 aromatic heterocycles. The second kappa shape index (κ2) is 16.7. The maximum absolute atomic E-state index is 13.4. The van der Waals surface area contributed by atoms with Crippen LogP contribution in [0.2, 0.25) is 10.0 Å². The highest BCUT2D eigenvalue weighted by atomic mass is 35.5. The van der Waals surface area contributed by atoms with E-state index >= 15 is 0 Å². The van der Waals surface area contributed by atoms with Crippen molar-refractivity contribution in [3.8, 4) is 11.3 Å². The zero-order valence-electron chi connectivity index (χ0n) is 28.4. The number of halogens is 2. The Bertz CT molecular complexity index is 1550. The second-order valence-electron chi connectivity index (χ2n) is 13.7. The van der Waals surface area contributed by atoms with Gasteiger partial charge in [0.05, 0.1) is 21.7 Å². The molecule has 3 rings (SSSR count). The van der Waals surface area contributed by atoms with Gasteiger partial charge in [-0.3, -0.25) is 9.59 Å². The standard InChI is InChI=1S/C35H46Cl2N4O5S/c1-21(2)16-28-29(23-12-13-26(36)27(37)19-23)41-32(47-28)40-20-25(31(43)45-34(3,4)5)18-22-10-9-11-24(17-22)30(42)38-14-15-39-33(44)46-35(6,7)8/h9-13,17,19,21,25H,14-16,18,20H2,1-8H3,(H,38,42)(H,39,44)(H,40,41). The van der Waals surface area contributed by atoms with Gasteiger partial charge in [0.25, 0.3) is 5.91 Å². The van der Waals surface area contributed by atoms with Crippen LogP contribution < -0.4 is 16.0 Å². The number of carbonyl (C=O) groups excluding carboxylic acids is 3. The van der Waals surface area contributed by atoms with Crippen molar-refractivity contribution in [3.05, 3.63) is 68.5 Å². The Kier molecular flexibility index (Phi) is 13.5. The number of rotatable bonds is 13. The molecule has 0 aliphatic heterocycles. The molecule has 2 aromatic carbocycles. The molecule has 12 heteroatoms. The first-order valence-electron chi connectivity index (χ1n) is 15.7. The molecule has 47 heavy (non-hydrogen) atoms. The van der Waals surface area contributed by atoms with Crippen LogP contribution in [0.4, 0.5) is 9.93 Å². The van der Waals surface area contributed by atoms with Gasteiger partial charge in [-0.25, -0.2) is 9.78 Å². The molecule has 256 valence electrons. The van der Waals surface area contributed by atoms with Crippen molar-refractivity contribution in [2.45, 2.75) is 79.4 Å². The van der Waals surface area contributed by atoms with E-state index in [1.165, 1.54) is 0 Å². The molecule has 1 unspecified atom stereocenters. The van der Waals surface area contributed by atoms with E-state index in [0.717, 1.165) is 28.1 Å². The number of nitrogens with zero attached hydrogens (tertiary/aromatic N) is 1. The lowest BCUT2D eigenvalue weighted by Crippen LogP contribution is -2.37. The first-order chi connectivity index (χ1) is 21.9. The summed E-state index contributed by atoms with van der Waals surface area (Å²) < 4.78 is 11.0. The number of ether oxygens (including phenoxy) is 2. The van der Waals surface area contributed by atoms with Gasteiger partial charge >= 0.3 is 12.1 Å². The lowest BCUT2D eigenvalue weighted by atomic mass is 9.97. The summed E-state index contributed by atoms with van der Waals surface area (Å²) in [6, 6.07) is 12.6. The van der Waals surface area contributed by atoms with Crippen molar-refractivity contribution in [2.75, 3.05) is 25.0 Å². The minimum absolute atomic E-state index is 0.217. The zero-order valence-corrected chi connectivity index (χ0v) is 30.7. The van der Waals surface area contributed by atoms with Crippen molar-refractivity contribution in [1.29, 1.82) is 0 Å². The predicted molar refractivity (Wildman–Crippen MR) is 191 cm³/mol. The van der Waals surface area contributed by atoms with Crippen molar-refractivity contribution >= 4 is 57.6 Å². The van der Waals surface area contributed by atoms with Crippen LogP contribution in [0.15, 0.2) is 42.5 Å². The first-order valence-corrected chi connectivity index (χ1v) is 17.2. The maximum Gasteiger partial charge on any atom is 0.407 e. The van der Waals surface area contributed by atoms with Gasteiger partial charge in [-0.1, -0.05) is 55.2 Å². The van der Waals surface area contributed by atoms with Crippen LogP contribution in [-0.4, -0.2) is 53.8 Å². The lowest BCUT2D eigenvalue weighted by molar-refractivity contribution is -0.159. The lowest BCUT2D eigenvalue weighted by Gasteiger charge is -2.24. The fourth-order valence-corrected chi connectivity index (χ4v) is 6.02. The molecule has 0 aliphatic rings. The minimum Gasteiger partial charge on any atom is -0.460 e. The summed E-state index contributed by atoms with van der Waals surface area (Å²) in [7, 11) is 0. The monoisotopic (exact) mass is 704 g/mol. The Labute approximate surface area is 292 Å². The summed E-state index contributed by atoms with van der Waals surface area (Å²) in [5, 5.41) is 10.4. The van der Waals surface area contributed by atoms with Crippen molar-refractivity contribution in [1.82, 2.24) is 15.6 Å². The highest BCUT2D eigenvalue weighted by Crippen LogP contribution is 2.36. The molecular weight excluding hydrogens is 659 g/mol. The number of carbonyl (C=O) groups is 3. The zero-order chi connectivity index (χ0) is 34.9. The number of nitrogens with one attached hydrogen (secondary N) is 3. The van der Waals surface area contributed by atoms with E-state index in [1.807, 2.05) is 39.0 Å². The summed E-state index contributed by atoms with van der Waals surface area (Å²) in [5.74, 6) is -0.793. The molecule has 3 N–H and O–H groups in total.